The molecular weight excluding hydrogens is 1110 g/mol. The van der Waals surface area contributed by atoms with Crippen LogP contribution in [0, 0.1) is 5.92 Å². The van der Waals surface area contributed by atoms with Crippen molar-refractivity contribution >= 4 is 111 Å². The van der Waals surface area contributed by atoms with Gasteiger partial charge in [0.05, 0.1) is 37.8 Å². The highest BCUT2D eigenvalue weighted by Gasteiger charge is 2.32. The standard InChI is InChI=1S/C26H20Cl3N5O4S.C22H14Cl4N4O2S/c27-17-4-2-15(3-5-17)24(39-22-6-1-14(9-30-22)11-33-12-16(13-33)25(36)37)23-19(28)7-18(8-20(23)29)34-26(38)32-21(35)10-31-34;23-9-12-1-6-19(27-10-12)33-21(13-2-4-14(24)5-3-13)20-16(25)7-15(8-17(20)26)30-22(32)29-18(31)11-28-30/h1-10,16,24H,11-13H2,(H,36,37)(H,32,35,38);1-8,10-11,21H,9H2,(H,29,31,32). The number of alkyl halides is 1. The van der Waals surface area contributed by atoms with Gasteiger partial charge < -0.3 is 5.11 Å². The molecule has 3 N–H and O–H groups in total. The fraction of sp³-hybridized carbons (Fsp3) is 0.146. The highest BCUT2D eigenvalue weighted by molar-refractivity contribution is 8.00. The Morgan fingerprint density at radius 3 is 1.35 bits per heavy atom. The Morgan fingerprint density at radius 1 is 0.597 bits per heavy atom. The fourth-order valence-corrected chi connectivity index (χ4v) is 11.7. The van der Waals surface area contributed by atoms with Crippen LogP contribution in [0.25, 0.3) is 11.4 Å². The highest BCUT2D eigenvalue weighted by Crippen LogP contribution is 2.48. The molecule has 1 saturated heterocycles. The third kappa shape index (κ3) is 12.8. The molecule has 5 heterocycles. The van der Waals surface area contributed by atoms with E-state index >= 15 is 0 Å². The van der Waals surface area contributed by atoms with Crippen LogP contribution in [-0.4, -0.2) is 68.6 Å². The van der Waals surface area contributed by atoms with E-state index in [0.717, 1.165) is 54.1 Å². The quantitative estimate of drug-likeness (QED) is 0.0686. The molecule has 8 aromatic rings. The predicted molar refractivity (Wildman–Crippen MR) is 284 cm³/mol. The van der Waals surface area contributed by atoms with Gasteiger partial charge >= 0.3 is 17.3 Å². The van der Waals surface area contributed by atoms with E-state index < -0.39 is 28.5 Å². The summed E-state index contributed by atoms with van der Waals surface area (Å²) in [6.45, 7) is 1.68. The average Bonchev–Trinajstić information content (AvgIpc) is 3.33. The van der Waals surface area contributed by atoms with Crippen LogP contribution < -0.4 is 22.5 Å². The zero-order valence-electron chi connectivity index (χ0n) is 36.7. The lowest BCUT2D eigenvalue weighted by Gasteiger charge is -2.36. The summed E-state index contributed by atoms with van der Waals surface area (Å²) >= 11 is 47.8. The van der Waals surface area contributed by atoms with E-state index in [2.05, 4.69) is 35.0 Å². The monoisotopic (exact) mass is 1140 g/mol. The number of nitrogens with one attached hydrogen (secondary N) is 2. The summed E-state index contributed by atoms with van der Waals surface area (Å²) in [5, 5.41) is 20.0. The molecule has 1 aliphatic rings. The molecule has 368 valence electrons. The van der Waals surface area contributed by atoms with Crippen LogP contribution >= 0.6 is 105 Å². The van der Waals surface area contributed by atoms with Gasteiger partial charge in [-0.1, -0.05) is 130 Å². The molecule has 15 nitrogen and oxygen atoms in total. The third-order valence-electron chi connectivity index (χ3n) is 10.9. The average molecular weight is 1150 g/mol. The number of carboxylic acids is 1. The van der Waals surface area contributed by atoms with E-state index in [1.54, 1.807) is 60.9 Å². The molecule has 1 aliphatic heterocycles. The first-order valence-corrected chi connectivity index (χ1v) is 25.7. The molecule has 0 radical (unpaired) electrons. The summed E-state index contributed by atoms with van der Waals surface area (Å²) in [4.78, 5) is 73.7. The SMILES string of the molecule is O=C(O)C1CN(Cc2ccc(SC(c3ccc(Cl)cc3)c3c(Cl)cc(-n4ncc(=O)[nH]c4=O)cc3Cl)nc2)C1.O=c1cnn(-c2cc(Cl)c(C(Sc3ccc(CCl)cn3)c3ccc(Cl)cc3)c(Cl)c2)c(=O)[nH]1. The van der Waals surface area contributed by atoms with E-state index in [0.29, 0.717) is 78.2 Å². The molecule has 2 unspecified atom stereocenters. The third-order valence-corrected chi connectivity index (χ3v) is 15.4. The van der Waals surface area contributed by atoms with Gasteiger partial charge in [-0.05, 0) is 82.9 Å². The zero-order chi connectivity index (χ0) is 51.2. The van der Waals surface area contributed by atoms with Crippen molar-refractivity contribution in [1.82, 2.24) is 44.4 Å². The summed E-state index contributed by atoms with van der Waals surface area (Å²) < 4.78 is 2.02. The van der Waals surface area contributed by atoms with Crippen molar-refractivity contribution in [3.63, 3.8) is 0 Å². The van der Waals surface area contributed by atoms with E-state index in [-0.39, 0.29) is 16.4 Å². The number of rotatable bonds is 14. The lowest BCUT2D eigenvalue weighted by atomic mass is 10.00. The van der Waals surface area contributed by atoms with Crippen LogP contribution in [0.3, 0.4) is 0 Å². The number of nitrogens with zero attached hydrogens (tertiary/aromatic N) is 7. The number of halogens is 7. The summed E-state index contributed by atoms with van der Waals surface area (Å²) in [6.07, 6.45) is 5.48. The highest BCUT2D eigenvalue weighted by atomic mass is 35.5. The molecule has 24 heteroatoms. The number of aliphatic carboxylic acids is 1. The number of aromatic amines is 2. The van der Waals surface area contributed by atoms with Crippen molar-refractivity contribution in [3.8, 4) is 11.4 Å². The molecule has 1 fully saturated rings. The number of pyridine rings is 2. The Morgan fingerprint density at radius 2 is 1.00 bits per heavy atom. The van der Waals surface area contributed by atoms with E-state index in [4.69, 9.17) is 86.3 Å². The first-order chi connectivity index (χ1) is 34.5. The largest absolute Gasteiger partial charge is 0.481 e. The van der Waals surface area contributed by atoms with Gasteiger partial charge in [0, 0.05) is 79.2 Å². The molecule has 72 heavy (non-hydrogen) atoms. The van der Waals surface area contributed by atoms with Crippen molar-refractivity contribution in [3.05, 3.63) is 227 Å². The summed E-state index contributed by atoms with van der Waals surface area (Å²) in [6, 6.07) is 28.6. The van der Waals surface area contributed by atoms with Crippen molar-refractivity contribution in [2.75, 3.05) is 13.1 Å². The van der Waals surface area contributed by atoms with Crippen molar-refractivity contribution in [2.45, 2.75) is 33.0 Å². The number of H-pyrrole nitrogens is 2. The first-order valence-electron chi connectivity index (χ1n) is 21.1. The summed E-state index contributed by atoms with van der Waals surface area (Å²) in [5.41, 5.74) is 2.90. The molecule has 9 rings (SSSR count). The Bertz CT molecular complexity index is 3460. The van der Waals surface area contributed by atoms with E-state index in [1.165, 1.54) is 23.5 Å². The normalized spacial score (nSPS) is 13.4. The molecule has 2 atom stereocenters. The van der Waals surface area contributed by atoms with Gasteiger partial charge in [-0.2, -0.15) is 19.6 Å². The molecule has 0 bridgehead atoms. The zero-order valence-corrected chi connectivity index (χ0v) is 43.6. The van der Waals surface area contributed by atoms with Crippen LogP contribution in [0.4, 0.5) is 0 Å². The topological polar surface area (TPSA) is 202 Å². The first kappa shape index (κ1) is 52.9. The number of thioether (sulfide) groups is 2. The number of benzene rings is 4. The maximum Gasteiger partial charge on any atom is 0.349 e. The minimum absolute atomic E-state index is 0.298. The van der Waals surface area contributed by atoms with Gasteiger partial charge in [0.25, 0.3) is 11.1 Å². The molecule has 0 saturated carbocycles. The number of hydrogen-bond acceptors (Lipinski definition) is 12. The molecule has 4 aromatic heterocycles. The Balaban J connectivity index is 0.000000195. The minimum atomic E-state index is -0.767. The Labute approximate surface area is 452 Å². The number of hydrogen-bond donors (Lipinski definition) is 3. The van der Waals surface area contributed by atoms with Crippen LogP contribution in [-0.2, 0) is 17.2 Å². The van der Waals surface area contributed by atoms with Crippen LogP contribution in [0.5, 0.6) is 0 Å². The summed E-state index contributed by atoms with van der Waals surface area (Å²) in [7, 11) is 0. The second-order valence-corrected chi connectivity index (χ2v) is 20.8. The van der Waals surface area contributed by atoms with Gasteiger partial charge in [-0.3, -0.25) is 29.3 Å². The number of carboxylic acid groups (broad SMARTS) is 1. The maximum absolute atomic E-state index is 12.2. The van der Waals surface area contributed by atoms with Crippen molar-refractivity contribution in [2.24, 2.45) is 5.92 Å². The second-order valence-electron chi connectivity index (χ2n) is 15.8. The number of carbonyl (C=O) groups is 1. The molecular formula is C48H34Cl7N9O6S2. The maximum atomic E-state index is 12.2. The summed E-state index contributed by atoms with van der Waals surface area (Å²) in [5.74, 6) is -0.709. The molecule has 0 aliphatic carbocycles. The van der Waals surface area contributed by atoms with Crippen molar-refractivity contribution < 1.29 is 9.90 Å². The van der Waals surface area contributed by atoms with Gasteiger partial charge in [0.1, 0.15) is 12.4 Å². The smallest absolute Gasteiger partial charge is 0.349 e. The van der Waals surface area contributed by atoms with E-state index in [1.807, 2.05) is 48.5 Å². The Hall–Kier alpha value is -5.44. The number of likely N-dealkylation sites (tertiary alicyclic amines) is 1. The van der Waals surface area contributed by atoms with Gasteiger partial charge in [0.2, 0.25) is 0 Å². The number of aromatic nitrogens is 8. The van der Waals surface area contributed by atoms with Gasteiger partial charge in [-0.15, -0.1) is 11.6 Å². The van der Waals surface area contributed by atoms with Crippen LogP contribution in [0.2, 0.25) is 30.1 Å². The van der Waals surface area contributed by atoms with Gasteiger partial charge in [-0.25, -0.2) is 19.6 Å². The lowest BCUT2D eigenvalue weighted by molar-refractivity contribution is -0.147. The van der Waals surface area contributed by atoms with Gasteiger partial charge in [0.15, 0.2) is 0 Å². The van der Waals surface area contributed by atoms with Crippen LogP contribution in [0.1, 0.15) is 43.9 Å². The minimum Gasteiger partial charge on any atom is -0.481 e. The van der Waals surface area contributed by atoms with E-state index in [9.17, 15) is 24.0 Å². The van der Waals surface area contributed by atoms with Crippen molar-refractivity contribution in [1.29, 1.82) is 0 Å². The molecule has 4 aromatic carbocycles. The predicted octanol–water partition coefficient (Wildman–Crippen LogP) is 10.6. The Kier molecular flexibility index (Phi) is 17.3. The van der Waals surface area contributed by atoms with Crippen LogP contribution in [0.15, 0.2) is 151 Å². The lowest BCUT2D eigenvalue weighted by Crippen LogP contribution is -2.49. The molecule has 0 spiro atoms. The second kappa shape index (κ2) is 23.6. The fourth-order valence-electron chi connectivity index (χ4n) is 7.31. The molecule has 0 amide bonds.